The van der Waals surface area contributed by atoms with Gasteiger partial charge in [0.2, 0.25) is 11.8 Å². The van der Waals surface area contributed by atoms with E-state index in [-0.39, 0.29) is 29.8 Å². The third kappa shape index (κ3) is 3.60. The molecule has 2 aliphatic rings. The minimum Gasteiger partial charge on any atom is -0.340 e. The first-order chi connectivity index (χ1) is 13.6. The van der Waals surface area contributed by atoms with Crippen LogP contribution in [0.4, 0.5) is 5.69 Å². The van der Waals surface area contributed by atoms with Crippen LogP contribution in [0.25, 0.3) is 0 Å². The monoisotopic (exact) mass is 396 g/mol. The van der Waals surface area contributed by atoms with Crippen molar-refractivity contribution in [1.82, 2.24) is 4.90 Å². The molecule has 0 radical (unpaired) electrons. The third-order valence-electron chi connectivity index (χ3n) is 6.15. The van der Waals surface area contributed by atoms with E-state index in [1.165, 1.54) is 6.42 Å². The van der Waals surface area contributed by atoms with Gasteiger partial charge in [-0.1, -0.05) is 23.8 Å². The highest BCUT2D eigenvalue weighted by Gasteiger charge is 2.44. The fraction of sp³-hybridized carbons (Fsp3) is 0.478. The second kappa shape index (κ2) is 8.08. The van der Waals surface area contributed by atoms with Crippen LogP contribution in [0, 0.1) is 12.8 Å². The predicted octanol–water partition coefficient (Wildman–Crippen LogP) is 4.94. The topological polar surface area (TPSA) is 40.6 Å². The lowest BCUT2D eigenvalue weighted by atomic mass is 9.85. The Morgan fingerprint density at radius 2 is 1.89 bits per heavy atom. The van der Waals surface area contributed by atoms with E-state index in [1.54, 1.807) is 11.3 Å². The predicted molar refractivity (Wildman–Crippen MR) is 113 cm³/mol. The first kappa shape index (κ1) is 19.2. The molecule has 4 rings (SSSR count). The van der Waals surface area contributed by atoms with Crippen molar-refractivity contribution in [1.29, 1.82) is 0 Å². The Labute approximate surface area is 171 Å². The summed E-state index contributed by atoms with van der Waals surface area (Å²) in [6.07, 6.45) is 4.40. The standard InChI is InChI=1S/C23H28N2O2S/c1-16-8-10-18(11-9-16)25-21(26)13-12-19(22(25)20-7-5-15-28-20)23(27)24-14-4-3-6-17(24)2/h5,7-11,15,17,19,22H,3-4,6,12-14H2,1-2H3. The van der Waals surface area contributed by atoms with E-state index in [9.17, 15) is 9.59 Å². The number of likely N-dealkylation sites (tertiary alicyclic amines) is 1. The quantitative estimate of drug-likeness (QED) is 0.737. The lowest BCUT2D eigenvalue weighted by molar-refractivity contribution is -0.141. The summed E-state index contributed by atoms with van der Waals surface area (Å²) >= 11 is 1.64. The number of anilines is 1. The number of hydrogen-bond donors (Lipinski definition) is 0. The van der Waals surface area contributed by atoms with Gasteiger partial charge in [0.25, 0.3) is 0 Å². The molecule has 0 aliphatic carbocycles. The Morgan fingerprint density at radius 3 is 2.57 bits per heavy atom. The van der Waals surface area contributed by atoms with Gasteiger partial charge in [-0.05, 0) is 63.1 Å². The molecule has 3 unspecified atom stereocenters. The van der Waals surface area contributed by atoms with Gasteiger partial charge in [0.05, 0.1) is 12.0 Å². The molecule has 2 saturated heterocycles. The third-order valence-corrected chi connectivity index (χ3v) is 7.09. The molecular weight excluding hydrogens is 368 g/mol. The molecule has 1 aromatic carbocycles. The summed E-state index contributed by atoms with van der Waals surface area (Å²) in [5, 5.41) is 2.03. The molecule has 0 bridgehead atoms. The first-order valence-electron chi connectivity index (χ1n) is 10.3. The van der Waals surface area contributed by atoms with E-state index in [4.69, 9.17) is 0 Å². The molecule has 148 valence electrons. The summed E-state index contributed by atoms with van der Waals surface area (Å²) in [7, 11) is 0. The molecule has 3 heterocycles. The summed E-state index contributed by atoms with van der Waals surface area (Å²) < 4.78 is 0. The smallest absolute Gasteiger partial charge is 0.228 e. The molecule has 2 amide bonds. The highest BCUT2D eigenvalue weighted by Crippen LogP contribution is 2.43. The second-order valence-electron chi connectivity index (χ2n) is 8.08. The molecule has 0 saturated carbocycles. The van der Waals surface area contributed by atoms with E-state index < -0.39 is 0 Å². The fourth-order valence-corrected chi connectivity index (χ4v) is 5.46. The van der Waals surface area contributed by atoms with Gasteiger partial charge in [-0.3, -0.25) is 9.59 Å². The molecule has 5 heteroatoms. The van der Waals surface area contributed by atoms with Crippen LogP contribution >= 0.6 is 11.3 Å². The summed E-state index contributed by atoms with van der Waals surface area (Å²) in [6, 6.07) is 12.2. The van der Waals surface area contributed by atoms with Crippen molar-refractivity contribution in [2.24, 2.45) is 5.92 Å². The van der Waals surface area contributed by atoms with Crippen molar-refractivity contribution in [3.05, 3.63) is 52.2 Å². The summed E-state index contributed by atoms with van der Waals surface area (Å²) in [5.74, 6) is 0.145. The maximum atomic E-state index is 13.6. The number of thiophene rings is 1. The van der Waals surface area contributed by atoms with Crippen molar-refractivity contribution in [3.63, 3.8) is 0 Å². The number of nitrogens with zero attached hydrogens (tertiary/aromatic N) is 2. The van der Waals surface area contributed by atoms with Gasteiger partial charge in [0.1, 0.15) is 0 Å². The van der Waals surface area contributed by atoms with Gasteiger partial charge in [-0.2, -0.15) is 0 Å². The Morgan fingerprint density at radius 1 is 1.11 bits per heavy atom. The number of amides is 2. The van der Waals surface area contributed by atoms with Crippen LogP contribution in [0.15, 0.2) is 41.8 Å². The van der Waals surface area contributed by atoms with Crippen LogP contribution in [0.3, 0.4) is 0 Å². The first-order valence-corrected chi connectivity index (χ1v) is 11.2. The average molecular weight is 397 g/mol. The average Bonchev–Trinajstić information content (AvgIpc) is 3.23. The maximum absolute atomic E-state index is 13.6. The second-order valence-corrected chi connectivity index (χ2v) is 9.06. The number of benzene rings is 1. The minimum absolute atomic E-state index is 0.109. The molecule has 0 N–H and O–H groups in total. The van der Waals surface area contributed by atoms with Crippen molar-refractivity contribution in [2.45, 2.75) is 58.0 Å². The largest absolute Gasteiger partial charge is 0.340 e. The number of piperidine rings is 2. The summed E-state index contributed by atoms with van der Waals surface area (Å²) in [6.45, 7) is 5.04. The molecule has 1 aromatic heterocycles. The maximum Gasteiger partial charge on any atom is 0.228 e. The highest BCUT2D eigenvalue weighted by molar-refractivity contribution is 7.10. The van der Waals surface area contributed by atoms with Crippen LogP contribution in [-0.2, 0) is 9.59 Å². The molecule has 2 aromatic rings. The van der Waals surface area contributed by atoms with Gasteiger partial charge in [0.15, 0.2) is 0 Å². The van der Waals surface area contributed by atoms with Crippen LogP contribution in [-0.4, -0.2) is 29.3 Å². The Kier molecular flexibility index (Phi) is 5.54. The summed E-state index contributed by atoms with van der Waals surface area (Å²) in [4.78, 5) is 31.6. The van der Waals surface area contributed by atoms with Gasteiger partial charge in [-0.25, -0.2) is 0 Å². The van der Waals surface area contributed by atoms with Gasteiger partial charge in [-0.15, -0.1) is 11.3 Å². The molecule has 0 spiro atoms. The zero-order chi connectivity index (χ0) is 19.7. The molecular formula is C23H28N2O2S. The van der Waals surface area contributed by atoms with Gasteiger partial charge >= 0.3 is 0 Å². The lowest BCUT2D eigenvalue weighted by Gasteiger charge is -2.43. The highest BCUT2D eigenvalue weighted by atomic mass is 32.1. The zero-order valence-corrected chi connectivity index (χ0v) is 17.5. The van der Waals surface area contributed by atoms with Crippen LogP contribution in [0.2, 0.25) is 0 Å². The van der Waals surface area contributed by atoms with Gasteiger partial charge < -0.3 is 9.80 Å². The number of carbonyl (C=O) groups excluding carboxylic acids is 2. The fourth-order valence-electron chi connectivity index (χ4n) is 4.58. The van der Waals surface area contributed by atoms with E-state index in [0.29, 0.717) is 12.8 Å². The van der Waals surface area contributed by atoms with Gasteiger partial charge in [0, 0.05) is 29.6 Å². The van der Waals surface area contributed by atoms with E-state index >= 15 is 0 Å². The van der Waals surface area contributed by atoms with Crippen LogP contribution in [0.1, 0.15) is 55.5 Å². The van der Waals surface area contributed by atoms with E-state index in [0.717, 1.165) is 35.5 Å². The number of hydrogen-bond acceptors (Lipinski definition) is 3. The van der Waals surface area contributed by atoms with E-state index in [2.05, 4.69) is 17.9 Å². The molecule has 3 atom stereocenters. The summed E-state index contributed by atoms with van der Waals surface area (Å²) in [5.41, 5.74) is 2.05. The molecule has 4 nitrogen and oxygen atoms in total. The molecule has 2 aliphatic heterocycles. The molecule has 2 fully saturated rings. The van der Waals surface area contributed by atoms with Crippen LogP contribution in [0.5, 0.6) is 0 Å². The van der Waals surface area contributed by atoms with Crippen molar-refractivity contribution < 1.29 is 9.59 Å². The molecule has 28 heavy (non-hydrogen) atoms. The SMILES string of the molecule is Cc1ccc(N2C(=O)CCC(C(=O)N3CCCCC3C)C2c2cccs2)cc1. The van der Waals surface area contributed by atoms with Crippen molar-refractivity contribution in [3.8, 4) is 0 Å². The zero-order valence-electron chi connectivity index (χ0n) is 16.6. The number of rotatable bonds is 3. The minimum atomic E-state index is -0.217. The van der Waals surface area contributed by atoms with Crippen molar-refractivity contribution >= 4 is 28.8 Å². The number of aryl methyl sites for hydroxylation is 1. The number of carbonyl (C=O) groups is 2. The Hall–Kier alpha value is -2.14. The van der Waals surface area contributed by atoms with E-state index in [1.807, 2.05) is 47.5 Å². The Balaban J connectivity index is 1.72. The normalized spacial score (nSPS) is 25.8. The lowest BCUT2D eigenvalue weighted by Crippen LogP contribution is -2.52. The van der Waals surface area contributed by atoms with Crippen molar-refractivity contribution in [2.75, 3.05) is 11.4 Å². The Bertz CT molecular complexity index is 831. The van der Waals surface area contributed by atoms with Crippen LogP contribution < -0.4 is 4.90 Å².